The number of anilines is 2. The summed E-state index contributed by atoms with van der Waals surface area (Å²) < 4.78 is 30.9. The highest BCUT2D eigenvalue weighted by Crippen LogP contribution is 2.45. The Hall–Kier alpha value is -3.84. The van der Waals surface area contributed by atoms with Crippen LogP contribution in [0.15, 0.2) is 72.4 Å². The number of imidazole rings is 1. The van der Waals surface area contributed by atoms with E-state index in [1.54, 1.807) is 37.5 Å². The first-order chi connectivity index (χ1) is 20.9. The number of hydrogen-bond acceptors (Lipinski definition) is 7. The molecule has 1 saturated heterocycles. The average Bonchev–Trinajstić information content (AvgIpc) is 3.46. The topological polar surface area (TPSA) is 130 Å². The van der Waals surface area contributed by atoms with E-state index in [0.717, 1.165) is 21.0 Å². The molecule has 11 nitrogen and oxygen atoms in total. The molecule has 228 valence electrons. The van der Waals surface area contributed by atoms with Crippen molar-refractivity contribution in [1.82, 2.24) is 29.1 Å². The summed E-state index contributed by atoms with van der Waals surface area (Å²) in [5.41, 5.74) is 1.45. The molecule has 2 aromatic heterocycles. The molecule has 0 spiro atoms. The zero-order valence-electron chi connectivity index (χ0n) is 24.1. The van der Waals surface area contributed by atoms with E-state index in [-0.39, 0.29) is 35.9 Å². The highest BCUT2D eigenvalue weighted by molar-refractivity contribution is 7.89. The van der Waals surface area contributed by atoms with Crippen molar-refractivity contribution in [3.05, 3.63) is 83.0 Å². The molecule has 2 aliphatic heterocycles. The van der Waals surface area contributed by atoms with Crippen molar-refractivity contribution >= 4 is 56.7 Å². The number of sulfonamides is 1. The number of aromatic nitrogens is 4. The van der Waals surface area contributed by atoms with Gasteiger partial charge in [0, 0.05) is 47.0 Å². The average molecular weight is 655 g/mol. The van der Waals surface area contributed by atoms with Crippen molar-refractivity contribution in [3.8, 4) is 11.1 Å². The van der Waals surface area contributed by atoms with Crippen LogP contribution in [0.2, 0.25) is 10.0 Å². The lowest BCUT2D eigenvalue weighted by molar-refractivity contribution is -0.128. The summed E-state index contributed by atoms with van der Waals surface area (Å²) in [6.07, 6.45) is 6.64. The van der Waals surface area contributed by atoms with Gasteiger partial charge in [-0.2, -0.15) is 4.31 Å². The lowest BCUT2D eigenvalue weighted by atomic mass is 9.91. The normalized spacial score (nSPS) is 20.1. The first-order valence-electron chi connectivity index (χ1n) is 14.0. The van der Waals surface area contributed by atoms with Crippen molar-refractivity contribution in [2.24, 2.45) is 0 Å². The van der Waals surface area contributed by atoms with Gasteiger partial charge in [-0.1, -0.05) is 47.5 Å². The lowest BCUT2D eigenvalue weighted by Gasteiger charge is -2.39. The van der Waals surface area contributed by atoms with Gasteiger partial charge in [-0.3, -0.25) is 14.2 Å². The number of hydrogen-bond donors (Lipinski definition) is 1. The Bertz CT molecular complexity index is 1850. The van der Waals surface area contributed by atoms with E-state index < -0.39 is 27.5 Å². The van der Waals surface area contributed by atoms with Gasteiger partial charge in [-0.25, -0.2) is 28.3 Å². The van der Waals surface area contributed by atoms with E-state index in [9.17, 15) is 18.0 Å². The molecule has 44 heavy (non-hydrogen) atoms. The van der Waals surface area contributed by atoms with Crippen LogP contribution < -0.4 is 10.2 Å². The monoisotopic (exact) mass is 653 g/mol. The van der Waals surface area contributed by atoms with Gasteiger partial charge in [0.1, 0.15) is 17.9 Å². The summed E-state index contributed by atoms with van der Waals surface area (Å²) in [6.45, 7) is 5.48. The molecule has 0 unspecified atom stereocenters. The Kier molecular flexibility index (Phi) is 7.73. The van der Waals surface area contributed by atoms with Crippen LogP contribution in [0.5, 0.6) is 0 Å². The Morgan fingerprint density at radius 2 is 1.70 bits per heavy atom. The van der Waals surface area contributed by atoms with Gasteiger partial charge in [0.05, 0.1) is 11.9 Å². The second-order valence-electron chi connectivity index (χ2n) is 11.4. The zero-order valence-corrected chi connectivity index (χ0v) is 26.4. The maximum atomic E-state index is 14.4. The molecule has 0 bridgehead atoms. The molecule has 0 saturated carbocycles. The van der Waals surface area contributed by atoms with Crippen LogP contribution >= 0.6 is 23.2 Å². The van der Waals surface area contributed by atoms with Gasteiger partial charge in [0.15, 0.2) is 5.03 Å². The van der Waals surface area contributed by atoms with Crippen LogP contribution in [0, 0.1) is 0 Å². The Balaban J connectivity index is 1.43. The van der Waals surface area contributed by atoms with Gasteiger partial charge in [0.2, 0.25) is 11.9 Å². The Labute approximate surface area is 264 Å². The molecule has 2 atom stereocenters. The van der Waals surface area contributed by atoms with Gasteiger partial charge in [-0.15, -0.1) is 0 Å². The quantitative estimate of drug-likeness (QED) is 0.295. The van der Waals surface area contributed by atoms with E-state index in [4.69, 9.17) is 23.2 Å². The molecular formula is C30H29Cl2N7O4S. The minimum atomic E-state index is -4.24. The molecule has 1 fully saturated rings. The molecule has 2 amide bonds. The third-order valence-corrected chi connectivity index (χ3v) is 10.2. The van der Waals surface area contributed by atoms with Gasteiger partial charge in [-0.05, 0) is 56.5 Å². The molecule has 2 aliphatic rings. The van der Waals surface area contributed by atoms with Crippen LogP contribution in [0.3, 0.4) is 0 Å². The second kappa shape index (κ2) is 11.3. The highest BCUT2D eigenvalue weighted by atomic mass is 35.5. The third-order valence-electron chi connectivity index (χ3n) is 7.85. The molecule has 2 aromatic carbocycles. The maximum Gasteiger partial charge on any atom is 0.261 e. The predicted molar refractivity (Wildman–Crippen MR) is 166 cm³/mol. The zero-order chi connectivity index (χ0) is 31.4. The molecule has 4 heterocycles. The molecule has 14 heteroatoms. The van der Waals surface area contributed by atoms with E-state index in [2.05, 4.69) is 20.3 Å². The van der Waals surface area contributed by atoms with Crippen molar-refractivity contribution < 1.29 is 18.0 Å². The van der Waals surface area contributed by atoms with Crippen LogP contribution in [-0.2, 0) is 31.6 Å². The smallest absolute Gasteiger partial charge is 0.261 e. The van der Waals surface area contributed by atoms with Crippen LogP contribution in [0.4, 0.5) is 11.6 Å². The number of halogens is 2. The van der Waals surface area contributed by atoms with E-state index in [1.165, 1.54) is 22.0 Å². The molecule has 1 N–H and O–H groups in total. The Morgan fingerprint density at radius 3 is 2.30 bits per heavy atom. The summed E-state index contributed by atoms with van der Waals surface area (Å²) in [5, 5.41) is 3.22. The molecule has 6 rings (SSSR count). The Morgan fingerprint density at radius 1 is 1.05 bits per heavy atom. The fourth-order valence-corrected chi connectivity index (χ4v) is 8.02. The summed E-state index contributed by atoms with van der Waals surface area (Å²) in [5.74, 6) is -0.668. The number of carbonyl (C=O) groups is 2. The summed E-state index contributed by atoms with van der Waals surface area (Å²) in [4.78, 5) is 41.1. The SMILES string of the molecule is CC(C)NC(=O)[C@@H]1CCN1S(=O)(=O)c1cnc2n1[C@](C)(Cc1ccc(-c3cncnc3)cc1)C(=O)N2c1cc(Cl)cc(Cl)c1. The van der Waals surface area contributed by atoms with Crippen molar-refractivity contribution in [1.29, 1.82) is 0 Å². The van der Waals surface area contributed by atoms with E-state index >= 15 is 0 Å². The van der Waals surface area contributed by atoms with Gasteiger partial charge >= 0.3 is 0 Å². The first kappa shape index (κ1) is 30.2. The summed E-state index contributed by atoms with van der Waals surface area (Å²) in [6, 6.07) is 11.2. The number of nitrogens with one attached hydrogen (secondary N) is 1. The fraction of sp³-hybridized carbons (Fsp3) is 0.300. The summed E-state index contributed by atoms with van der Waals surface area (Å²) >= 11 is 12.6. The summed E-state index contributed by atoms with van der Waals surface area (Å²) in [7, 11) is -4.24. The van der Waals surface area contributed by atoms with Gasteiger partial charge < -0.3 is 5.32 Å². The standard InChI is InChI=1S/C30H29Cl2N7O4S/c1-18(2)36-27(40)25-8-9-37(25)44(42,43)26-16-35-29-38(24-11-22(31)10-23(32)12-24)28(41)30(3,39(26)29)13-19-4-6-20(7-5-19)21-14-33-17-34-15-21/h4-7,10-12,14-18,25H,8-9,13H2,1-3H3,(H,36,40)/t25-,30+/m0/s1. The van der Waals surface area contributed by atoms with Gasteiger partial charge in [0.25, 0.3) is 15.9 Å². The van der Waals surface area contributed by atoms with Crippen molar-refractivity contribution in [3.63, 3.8) is 0 Å². The number of amides is 2. The van der Waals surface area contributed by atoms with E-state index in [0.29, 0.717) is 22.2 Å². The van der Waals surface area contributed by atoms with E-state index in [1.807, 2.05) is 38.1 Å². The van der Waals surface area contributed by atoms with Crippen molar-refractivity contribution in [2.45, 2.75) is 56.3 Å². The predicted octanol–water partition coefficient (Wildman–Crippen LogP) is 4.57. The van der Waals surface area contributed by atoms with Crippen LogP contribution in [-0.4, -0.2) is 62.7 Å². The number of carbonyl (C=O) groups excluding carboxylic acids is 2. The number of nitrogens with zero attached hydrogens (tertiary/aromatic N) is 6. The number of fused-ring (bicyclic) bond motifs is 1. The molecular weight excluding hydrogens is 625 g/mol. The minimum absolute atomic E-state index is 0.108. The largest absolute Gasteiger partial charge is 0.353 e. The molecule has 0 radical (unpaired) electrons. The van der Waals surface area contributed by atoms with Crippen molar-refractivity contribution in [2.75, 3.05) is 11.4 Å². The van der Waals surface area contributed by atoms with Crippen LogP contribution in [0.25, 0.3) is 11.1 Å². The van der Waals surface area contributed by atoms with Crippen LogP contribution in [0.1, 0.15) is 32.8 Å². The first-order valence-corrected chi connectivity index (χ1v) is 16.1. The second-order valence-corrected chi connectivity index (χ2v) is 14.1. The molecule has 4 aromatic rings. The maximum absolute atomic E-state index is 14.4. The number of rotatable bonds is 8. The molecule has 0 aliphatic carbocycles. The lowest BCUT2D eigenvalue weighted by Crippen LogP contribution is -2.59. The number of benzene rings is 2. The third kappa shape index (κ3) is 5.15. The highest BCUT2D eigenvalue weighted by Gasteiger charge is 2.54. The minimum Gasteiger partial charge on any atom is -0.353 e. The fourth-order valence-electron chi connectivity index (χ4n) is 5.69.